The van der Waals surface area contributed by atoms with Crippen molar-refractivity contribution >= 4 is 5.97 Å². The summed E-state index contributed by atoms with van der Waals surface area (Å²) in [5.74, 6) is -5.85. The lowest BCUT2D eigenvalue weighted by Gasteiger charge is -2.07. The normalized spacial score (nSPS) is 10.5. The highest BCUT2D eigenvalue weighted by atomic mass is 19.3. The first-order valence-corrected chi connectivity index (χ1v) is 3.59. The van der Waals surface area contributed by atoms with Gasteiger partial charge in [0.15, 0.2) is 17.4 Å². The van der Waals surface area contributed by atoms with Gasteiger partial charge in [0.05, 0.1) is 5.56 Å². The zero-order valence-corrected chi connectivity index (χ0v) is 7.01. The molecule has 0 saturated heterocycles. The number of hydrogen-bond acceptors (Lipinski definition) is 2. The fraction of sp³-hybridized carbons (Fsp3) is 0.125. The molecule has 0 unspecified atom stereocenters. The summed E-state index contributed by atoms with van der Waals surface area (Å²) in [6.07, 6.45) is 0. The summed E-state index contributed by atoms with van der Waals surface area (Å²) in [7, 11) is 0. The minimum absolute atomic E-state index is 0.392. The van der Waals surface area contributed by atoms with Crippen molar-refractivity contribution in [2.24, 2.45) is 0 Å². The highest BCUT2D eigenvalue weighted by Gasteiger charge is 2.18. The van der Waals surface area contributed by atoms with Gasteiger partial charge in [0.25, 0.3) is 0 Å². The number of alkyl halides is 2. The van der Waals surface area contributed by atoms with Gasteiger partial charge in [-0.15, -0.1) is 0 Å². The molecule has 0 bridgehead atoms. The number of carboxylic acids is 1. The van der Waals surface area contributed by atoms with Gasteiger partial charge >= 0.3 is 12.6 Å². The number of ether oxygens (including phenoxy) is 1. The smallest absolute Gasteiger partial charge is 0.387 e. The van der Waals surface area contributed by atoms with Crippen molar-refractivity contribution in [2.75, 3.05) is 0 Å². The largest absolute Gasteiger partial charge is 0.478 e. The van der Waals surface area contributed by atoms with E-state index in [1.54, 1.807) is 0 Å². The zero-order chi connectivity index (χ0) is 11.6. The van der Waals surface area contributed by atoms with Crippen molar-refractivity contribution < 1.29 is 32.2 Å². The van der Waals surface area contributed by atoms with Gasteiger partial charge in [-0.2, -0.15) is 8.78 Å². The third-order valence-electron chi connectivity index (χ3n) is 1.45. The maximum absolute atomic E-state index is 12.9. The molecule has 82 valence electrons. The van der Waals surface area contributed by atoms with Crippen LogP contribution in [-0.2, 0) is 0 Å². The molecule has 0 atom stereocenters. The molecule has 0 aliphatic heterocycles. The van der Waals surface area contributed by atoms with Crippen LogP contribution in [0.25, 0.3) is 0 Å². The topological polar surface area (TPSA) is 46.5 Å². The number of rotatable bonds is 3. The molecule has 1 N–H and O–H groups in total. The van der Waals surface area contributed by atoms with Crippen molar-refractivity contribution in [3.63, 3.8) is 0 Å². The van der Waals surface area contributed by atoms with E-state index in [-0.39, 0.29) is 0 Å². The predicted molar refractivity (Wildman–Crippen MR) is 39.9 cm³/mol. The SMILES string of the molecule is O=C(O)c1cc(F)c(OC(F)F)c(F)c1. The first-order valence-electron chi connectivity index (χ1n) is 3.59. The minimum atomic E-state index is -3.38. The monoisotopic (exact) mass is 224 g/mol. The summed E-state index contributed by atoms with van der Waals surface area (Å²) in [6.45, 7) is -3.38. The Morgan fingerprint density at radius 3 is 2.07 bits per heavy atom. The van der Waals surface area contributed by atoms with Crippen LogP contribution in [0.5, 0.6) is 5.75 Å². The minimum Gasteiger partial charge on any atom is -0.478 e. The molecule has 15 heavy (non-hydrogen) atoms. The molecule has 0 radical (unpaired) electrons. The first kappa shape index (κ1) is 11.3. The first-order chi connectivity index (χ1) is 6.91. The van der Waals surface area contributed by atoms with Gasteiger partial charge in [-0.05, 0) is 12.1 Å². The third kappa shape index (κ3) is 2.58. The molecular formula is C8H4F4O3. The molecular weight excluding hydrogens is 220 g/mol. The van der Waals surface area contributed by atoms with E-state index in [1.807, 2.05) is 0 Å². The van der Waals surface area contributed by atoms with E-state index >= 15 is 0 Å². The molecule has 1 aromatic rings. The Labute approximate surface area is 80.9 Å². The summed E-state index contributed by atoms with van der Waals surface area (Å²) in [5, 5.41) is 8.38. The van der Waals surface area contributed by atoms with E-state index in [4.69, 9.17) is 5.11 Å². The Balaban J connectivity index is 3.15. The number of benzene rings is 1. The average Bonchev–Trinajstić information content (AvgIpc) is 2.10. The van der Waals surface area contributed by atoms with Crippen LogP contribution in [0.15, 0.2) is 12.1 Å². The molecule has 7 heteroatoms. The molecule has 1 aromatic carbocycles. The van der Waals surface area contributed by atoms with Crippen molar-refractivity contribution in [3.05, 3.63) is 29.3 Å². The molecule has 0 heterocycles. The molecule has 1 rings (SSSR count). The Hall–Kier alpha value is -1.79. The molecule has 0 amide bonds. The van der Waals surface area contributed by atoms with Crippen LogP contribution >= 0.6 is 0 Å². The van der Waals surface area contributed by atoms with Crippen LogP contribution in [0.1, 0.15) is 10.4 Å². The van der Waals surface area contributed by atoms with Gasteiger partial charge in [-0.3, -0.25) is 0 Å². The lowest BCUT2D eigenvalue weighted by molar-refractivity contribution is -0.0546. The van der Waals surface area contributed by atoms with E-state index in [0.717, 1.165) is 0 Å². The van der Waals surface area contributed by atoms with E-state index in [1.165, 1.54) is 0 Å². The Kier molecular flexibility index (Phi) is 3.13. The van der Waals surface area contributed by atoms with Gasteiger partial charge in [0.2, 0.25) is 0 Å². The van der Waals surface area contributed by atoms with Crippen molar-refractivity contribution in [1.82, 2.24) is 0 Å². The number of carboxylic acid groups (broad SMARTS) is 1. The maximum atomic E-state index is 12.9. The Morgan fingerprint density at radius 1 is 1.27 bits per heavy atom. The Morgan fingerprint density at radius 2 is 1.73 bits per heavy atom. The molecule has 3 nitrogen and oxygen atoms in total. The summed E-state index contributed by atoms with van der Waals surface area (Å²) in [5.41, 5.74) is -0.688. The number of halogens is 4. The standard InChI is InChI=1S/C8H4F4O3/c9-4-1-3(7(13)14)2-5(10)6(4)15-8(11)12/h1-2,8H,(H,13,14). The second kappa shape index (κ2) is 4.16. The second-order valence-electron chi connectivity index (χ2n) is 2.45. The third-order valence-corrected chi connectivity index (χ3v) is 1.45. The van der Waals surface area contributed by atoms with Crippen LogP contribution in [0.2, 0.25) is 0 Å². The fourth-order valence-corrected chi connectivity index (χ4v) is 0.885. The summed E-state index contributed by atoms with van der Waals surface area (Å²) < 4.78 is 52.6. The summed E-state index contributed by atoms with van der Waals surface area (Å²) in [6, 6.07) is 0.784. The second-order valence-corrected chi connectivity index (χ2v) is 2.45. The highest BCUT2D eigenvalue weighted by molar-refractivity contribution is 5.87. The fourth-order valence-electron chi connectivity index (χ4n) is 0.885. The lowest BCUT2D eigenvalue weighted by atomic mass is 10.2. The lowest BCUT2D eigenvalue weighted by Crippen LogP contribution is -2.07. The van der Waals surface area contributed by atoms with E-state index < -0.39 is 35.5 Å². The quantitative estimate of drug-likeness (QED) is 0.801. The van der Waals surface area contributed by atoms with Crippen molar-refractivity contribution in [2.45, 2.75) is 6.61 Å². The molecule has 0 aliphatic carbocycles. The number of aromatic carboxylic acids is 1. The van der Waals surface area contributed by atoms with Gasteiger partial charge in [-0.1, -0.05) is 0 Å². The maximum Gasteiger partial charge on any atom is 0.387 e. The van der Waals surface area contributed by atoms with E-state index in [0.29, 0.717) is 12.1 Å². The number of hydrogen-bond donors (Lipinski definition) is 1. The van der Waals surface area contributed by atoms with Crippen LogP contribution < -0.4 is 4.74 Å². The van der Waals surface area contributed by atoms with Crippen molar-refractivity contribution in [1.29, 1.82) is 0 Å². The van der Waals surface area contributed by atoms with Crippen LogP contribution in [0.4, 0.5) is 17.6 Å². The summed E-state index contributed by atoms with van der Waals surface area (Å²) >= 11 is 0. The van der Waals surface area contributed by atoms with Gasteiger partial charge in [0, 0.05) is 0 Å². The molecule has 0 saturated carbocycles. The number of carbonyl (C=O) groups is 1. The Bertz CT molecular complexity index is 368. The molecule has 0 aromatic heterocycles. The molecule has 0 spiro atoms. The van der Waals surface area contributed by atoms with Crippen LogP contribution in [0.3, 0.4) is 0 Å². The predicted octanol–water partition coefficient (Wildman–Crippen LogP) is 2.26. The van der Waals surface area contributed by atoms with E-state index in [9.17, 15) is 22.4 Å². The summed E-state index contributed by atoms with van der Waals surface area (Å²) in [4.78, 5) is 10.3. The highest BCUT2D eigenvalue weighted by Crippen LogP contribution is 2.24. The van der Waals surface area contributed by atoms with Crippen molar-refractivity contribution in [3.8, 4) is 5.75 Å². The van der Waals surface area contributed by atoms with Crippen LogP contribution in [0, 0.1) is 11.6 Å². The van der Waals surface area contributed by atoms with Gasteiger partial charge in [-0.25, -0.2) is 13.6 Å². The molecule has 0 aliphatic rings. The molecule has 0 fully saturated rings. The zero-order valence-electron chi connectivity index (χ0n) is 7.01. The van der Waals surface area contributed by atoms with Gasteiger partial charge in [0.1, 0.15) is 0 Å². The average molecular weight is 224 g/mol. The van der Waals surface area contributed by atoms with Gasteiger partial charge < -0.3 is 9.84 Å². The van der Waals surface area contributed by atoms with E-state index in [2.05, 4.69) is 4.74 Å². The van der Waals surface area contributed by atoms with Crippen LogP contribution in [-0.4, -0.2) is 17.7 Å².